The molecule has 5 nitrogen and oxygen atoms in total. The molecule has 0 saturated carbocycles. The Bertz CT molecular complexity index is 833. The van der Waals surface area contributed by atoms with Crippen LogP contribution in [0.4, 0.5) is 8.78 Å². The minimum absolute atomic E-state index is 0.196. The molecule has 0 atom stereocenters. The highest BCUT2D eigenvalue weighted by Gasteiger charge is 2.26. The number of carbonyl (C=O) groups is 1. The summed E-state index contributed by atoms with van der Waals surface area (Å²) in [6.45, 7) is 0.610. The Kier molecular flexibility index (Phi) is 3.85. The highest BCUT2D eigenvalue weighted by molar-refractivity contribution is 5.95. The minimum atomic E-state index is -1.01. The van der Waals surface area contributed by atoms with Gasteiger partial charge in [-0.15, -0.1) is 0 Å². The molecule has 3 rings (SSSR count). The van der Waals surface area contributed by atoms with E-state index in [1.54, 1.807) is 6.20 Å². The number of pyridine rings is 1. The number of carbonyl (C=O) groups excluding carboxylic acids is 1. The smallest absolute Gasteiger partial charge is 0.257 e. The van der Waals surface area contributed by atoms with Gasteiger partial charge in [0.25, 0.3) is 5.91 Å². The summed E-state index contributed by atoms with van der Waals surface area (Å²) in [5.41, 5.74) is 1.24. The number of aromatic nitrogens is 1. The monoisotopic (exact) mass is 320 g/mol. The van der Waals surface area contributed by atoms with Gasteiger partial charge >= 0.3 is 0 Å². The quantitative estimate of drug-likeness (QED) is 0.919. The van der Waals surface area contributed by atoms with Crippen LogP contribution in [0.2, 0.25) is 0 Å². The number of hydrogen-bond donors (Lipinski definition) is 1. The van der Waals surface area contributed by atoms with Crippen LogP contribution in [0.1, 0.15) is 21.5 Å². The van der Waals surface area contributed by atoms with Crippen LogP contribution in [-0.4, -0.2) is 29.4 Å². The Morgan fingerprint density at radius 2 is 2.09 bits per heavy atom. The highest BCUT2D eigenvalue weighted by Crippen LogP contribution is 2.26. The third-order valence-electron chi connectivity index (χ3n) is 3.89. The Hall–Kier alpha value is -2.70. The number of hydrogen-bond acceptors (Lipinski definition) is 3. The Balaban J connectivity index is 1.90. The number of ether oxygens (including phenoxy) is 1. The molecular formula is C16H14F2N2O3. The first-order chi connectivity index (χ1) is 11.0. The van der Waals surface area contributed by atoms with Crippen molar-refractivity contribution in [3.05, 3.63) is 63.1 Å². The molecule has 2 heterocycles. The largest absolute Gasteiger partial charge is 0.491 e. The lowest BCUT2D eigenvalue weighted by Crippen LogP contribution is -2.37. The van der Waals surface area contributed by atoms with Gasteiger partial charge in [0.1, 0.15) is 0 Å². The van der Waals surface area contributed by atoms with E-state index >= 15 is 0 Å². The number of methoxy groups -OCH3 is 1. The van der Waals surface area contributed by atoms with Crippen molar-refractivity contribution < 1.29 is 18.3 Å². The van der Waals surface area contributed by atoms with E-state index in [0.29, 0.717) is 13.0 Å². The van der Waals surface area contributed by atoms with Crippen LogP contribution >= 0.6 is 0 Å². The molecule has 1 amide bonds. The van der Waals surface area contributed by atoms with Crippen molar-refractivity contribution in [2.45, 2.75) is 13.0 Å². The van der Waals surface area contributed by atoms with Crippen LogP contribution < -0.4 is 10.3 Å². The van der Waals surface area contributed by atoms with E-state index in [-0.39, 0.29) is 17.7 Å². The summed E-state index contributed by atoms with van der Waals surface area (Å²) in [5.74, 6) is -2.98. The average Bonchev–Trinajstić information content (AvgIpc) is 2.54. The number of benzene rings is 1. The molecule has 1 N–H and O–H groups in total. The van der Waals surface area contributed by atoms with Crippen molar-refractivity contribution in [2.75, 3.05) is 13.7 Å². The summed E-state index contributed by atoms with van der Waals surface area (Å²) in [5, 5.41) is 0. The van der Waals surface area contributed by atoms with E-state index in [0.717, 1.165) is 30.4 Å². The van der Waals surface area contributed by atoms with Crippen LogP contribution in [0.5, 0.6) is 5.75 Å². The number of H-pyrrole nitrogens is 1. The Labute approximate surface area is 130 Å². The zero-order valence-electron chi connectivity index (χ0n) is 12.4. The van der Waals surface area contributed by atoms with Crippen LogP contribution in [0.15, 0.2) is 29.2 Å². The fourth-order valence-electron chi connectivity index (χ4n) is 2.69. The second kappa shape index (κ2) is 5.83. The number of halogens is 2. The maximum atomic E-state index is 14.2. The first kappa shape index (κ1) is 15.2. The normalized spacial score (nSPS) is 13.6. The first-order valence-electron chi connectivity index (χ1n) is 7.03. The molecule has 1 aliphatic rings. The van der Waals surface area contributed by atoms with Crippen molar-refractivity contribution in [2.24, 2.45) is 0 Å². The SMILES string of the molecule is COc1c(F)ccc(C(=O)N2CCc3cc(=O)[nH]cc3C2)c1F. The maximum absolute atomic E-state index is 14.2. The fourth-order valence-corrected chi connectivity index (χ4v) is 2.69. The molecule has 0 spiro atoms. The van der Waals surface area contributed by atoms with E-state index in [1.807, 2.05) is 0 Å². The van der Waals surface area contributed by atoms with Crippen molar-refractivity contribution in [3.8, 4) is 5.75 Å². The van der Waals surface area contributed by atoms with Gasteiger partial charge in [-0.05, 0) is 29.7 Å². The van der Waals surface area contributed by atoms with Gasteiger partial charge in [-0.2, -0.15) is 0 Å². The van der Waals surface area contributed by atoms with Crippen molar-refractivity contribution in [1.29, 1.82) is 0 Å². The second-order valence-electron chi connectivity index (χ2n) is 5.27. The molecule has 2 aromatic rings. The average molecular weight is 320 g/mol. The summed E-state index contributed by atoms with van der Waals surface area (Å²) < 4.78 is 32.3. The van der Waals surface area contributed by atoms with E-state index in [1.165, 1.54) is 11.0 Å². The maximum Gasteiger partial charge on any atom is 0.257 e. The third-order valence-corrected chi connectivity index (χ3v) is 3.89. The molecule has 0 aliphatic carbocycles. The lowest BCUT2D eigenvalue weighted by molar-refractivity contribution is 0.0728. The highest BCUT2D eigenvalue weighted by atomic mass is 19.1. The molecule has 0 unspecified atom stereocenters. The van der Waals surface area contributed by atoms with Crippen LogP contribution in [0.25, 0.3) is 0 Å². The molecule has 120 valence electrons. The van der Waals surface area contributed by atoms with Gasteiger partial charge in [0.2, 0.25) is 5.56 Å². The Morgan fingerprint density at radius 3 is 2.83 bits per heavy atom. The van der Waals surface area contributed by atoms with Crippen molar-refractivity contribution in [1.82, 2.24) is 9.88 Å². The lowest BCUT2D eigenvalue weighted by atomic mass is 10.0. The third kappa shape index (κ3) is 2.69. The number of fused-ring (bicyclic) bond motifs is 1. The van der Waals surface area contributed by atoms with Crippen LogP contribution in [0, 0.1) is 11.6 Å². The van der Waals surface area contributed by atoms with Crippen molar-refractivity contribution >= 4 is 5.91 Å². The van der Waals surface area contributed by atoms with Gasteiger partial charge in [-0.1, -0.05) is 0 Å². The second-order valence-corrected chi connectivity index (χ2v) is 5.27. The molecule has 0 radical (unpaired) electrons. The standard InChI is InChI=1S/C16H14F2N2O3/c1-23-15-12(17)3-2-11(14(15)18)16(22)20-5-4-9-6-13(21)19-7-10(9)8-20/h2-3,6-7H,4-5,8H2,1H3,(H,19,21). The zero-order valence-corrected chi connectivity index (χ0v) is 12.4. The molecule has 1 aromatic heterocycles. The minimum Gasteiger partial charge on any atom is -0.491 e. The number of rotatable bonds is 2. The summed E-state index contributed by atoms with van der Waals surface area (Å²) in [4.78, 5) is 27.8. The molecule has 7 heteroatoms. The number of amides is 1. The zero-order chi connectivity index (χ0) is 16.6. The van der Waals surface area contributed by atoms with Gasteiger partial charge in [0.05, 0.1) is 12.7 Å². The lowest BCUT2D eigenvalue weighted by Gasteiger charge is -2.28. The van der Waals surface area contributed by atoms with Crippen LogP contribution in [-0.2, 0) is 13.0 Å². The van der Waals surface area contributed by atoms with Gasteiger partial charge in [-0.25, -0.2) is 8.78 Å². The Morgan fingerprint density at radius 1 is 1.30 bits per heavy atom. The van der Waals surface area contributed by atoms with E-state index < -0.39 is 23.3 Å². The van der Waals surface area contributed by atoms with Gasteiger partial charge in [0.15, 0.2) is 17.4 Å². The fraction of sp³-hybridized carbons (Fsp3) is 0.250. The van der Waals surface area contributed by atoms with Crippen LogP contribution in [0.3, 0.4) is 0 Å². The van der Waals surface area contributed by atoms with E-state index in [9.17, 15) is 18.4 Å². The topological polar surface area (TPSA) is 62.4 Å². The number of nitrogens with one attached hydrogen (secondary N) is 1. The van der Waals surface area contributed by atoms with Crippen molar-refractivity contribution in [3.63, 3.8) is 0 Å². The molecular weight excluding hydrogens is 306 g/mol. The van der Waals surface area contributed by atoms with E-state index in [2.05, 4.69) is 9.72 Å². The van der Waals surface area contributed by atoms with Gasteiger partial charge < -0.3 is 14.6 Å². The number of aromatic amines is 1. The molecule has 1 aliphatic heterocycles. The predicted octanol–water partition coefficient (Wildman–Crippen LogP) is 1.86. The van der Waals surface area contributed by atoms with Gasteiger partial charge in [0, 0.05) is 25.4 Å². The molecule has 0 fully saturated rings. The summed E-state index contributed by atoms with van der Waals surface area (Å²) in [6, 6.07) is 3.61. The summed E-state index contributed by atoms with van der Waals surface area (Å²) >= 11 is 0. The number of nitrogens with zero attached hydrogens (tertiary/aromatic N) is 1. The van der Waals surface area contributed by atoms with E-state index in [4.69, 9.17) is 0 Å². The molecule has 1 aromatic carbocycles. The molecule has 23 heavy (non-hydrogen) atoms. The predicted molar refractivity (Wildman–Crippen MR) is 78.4 cm³/mol. The first-order valence-corrected chi connectivity index (χ1v) is 7.03. The molecule has 0 bridgehead atoms. The summed E-state index contributed by atoms with van der Waals surface area (Å²) in [7, 11) is 1.14. The molecule has 0 saturated heterocycles. The van der Waals surface area contributed by atoms with Gasteiger partial charge in [-0.3, -0.25) is 9.59 Å². The summed E-state index contributed by atoms with van der Waals surface area (Å²) in [6.07, 6.45) is 2.06.